The van der Waals surface area contributed by atoms with Gasteiger partial charge in [-0.05, 0) is 49.3 Å². The molecule has 1 aromatic carbocycles. The zero-order valence-corrected chi connectivity index (χ0v) is 14.1. The first-order valence-electron chi connectivity index (χ1n) is 7.64. The molecule has 3 nitrogen and oxygen atoms in total. The number of anilines is 1. The minimum atomic E-state index is 0.0187. The van der Waals surface area contributed by atoms with Crippen molar-refractivity contribution in [3.05, 3.63) is 28.3 Å². The molecule has 1 amide bonds. The molecule has 1 aromatic rings. The lowest BCUT2D eigenvalue weighted by atomic mass is 9.92. The molecule has 0 aromatic heterocycles. The number of hydrogen-bond acceptors (Lipinski definition) is 2. The molecule has 1 aliphatic heterocycles. The van der Waals surface area contributed by atoms with Crippen molar-refractivity contribution in [3.8, 4) is 0 Å². The summed E-state index contributed by atoms with van der Waals surface area (Å²) in [4.78, 5) is 14.5. The van der Waals surface area contributed by atoms with E-state index in [4.69, 9.17) is 11.6 Å². The maximum absolute atomic E-state index is 12.3. The molecule has 0 spiro atoms. The zero-order chi connectivity index (χ0) is 15.6. The Kier molecular flexibility index (Phi) is 5.28. The summed E-state index contributed by atoms with van der Waals surface area (Å²) in [5.41, 5.74) is 2.85. The van der Waals surface area contributed by atoms with E-state index in [2.05, 4.69) is 24.1 Å². The number of hydrogen-bond donors (Lipinski definition) is 1. The van der Waals surface area contributed by atoms with Crippen LogP contribution in [0.15, 0.2) is 12.1 Å². The van der Waals surface area contributed by atoms with E-state index in [1.54, 1.807) is 0 Å². The van der Waals surface area contributed by atoms with Crippen molar-refractivity contribution in [3.63, 3.8) is 0 Å². The molecule has 0 bridgehead atoms. The highest BCUT2D eigenvalue weighted by atomic mass is 35.5. The second-order valence-electron chi connectivity index (χ2n) is 6.63. The third kappa shape index (κ3) is 4.45. The van der Waals surface area contributed by atoms with Crippen LogP contribution in [0.2, 0.25) is 5.02 Å². The molecule has 0 radical (unpaired) electrons. The van der Waals surface area contributed by atoms with Crippen LogP contribution in [0.3, 0.4) is 0 Å². The Morgan fingerprint density at radius 2 is 1.90 bits per heavy atom. The van der Waals surface area contributed by atoms with Crippen LogP contribution in [0, 0.1) is 25.7 Å². The van der Waals surface area contributed by atoms with Gasteiger partial charge >= 0.3 is 0 Å². The largest absolute Gasteiger partial charge is 0.323 e. The summed E-state index contributed by atoms with van der Waals surface area (Å²) < 4.78 is 0. The highest BCUT2D eigenvalue weighted by Crippen LogP contribution is 2.27. The molecular formula is C17H25ClN2O. The molecule has 2 atom stereocenters. The van der Waals surface area contributed by atoms with E-state index in [-0.39, 0.29) is 5.91 Å². The first-order valence-corrected chi connectivity index (χ1v) is 8.02. The van der Waals surface area contributed by atoms with Crippen molar-refractivity contribution >= 4 is 23.2 Å². The summed E-state index contributed by atoms with van der Waals surface area (Å²) in [6.07, 6.45) is 1.25. The van der Waals surface area contributed by atoms with Crippen molar-refractivity contribution in [2.24, 2.45) is 11.8 Å². The highest BCUT2D eigenvalue weighted by Gasteiger charge is 2.23. The lowest BCUT2D eigenvalue weighted by Crippen LogP contribution is -2.42. The summed E-state index contributed by atoms with van der Waals surface area (Å²) in [5, 5.41) is 3.58. The van der Waals surface area contributed by atoms with Gasteiger partial charge in [0.15, 0.2) is 0 Å². The van der Waals surface area contributed by atoms with Gasteiger partial charge in [0.2, 0.25) is 5.91 Å². The van der Waals surface area contributed by atoms with E-state index in [1.807, 2.05) is 26.0 Å². The Bertz CT molecular complexity index is 497. The van der Waals surface area contributed by atoms with Crippen molar-refractivity contribution in [2.75, 3.05) is 25.0 Å². The number of benzene rings is 1. The monoisotopic (exact) mass is 308 g/mol. The third-order valence-corrected chi connectivity index (χ3v) is 4.31. The number of carbonyl (C=O) groups is 1. The van der Waals surface area contributed by atoms with E-state index in [0.717, 1.165) is 29.9 Å². The lowest BCUT2D eigenvalue weighted by molar-refractivity contribution is -0.117. The average Bonchev–Trinajstić information content (AvgIpc) is 2.32. The normalized spacial score (nSPS) is 23.1. The summed E-state index contributed by atoms with van der Waals surface area (Å²) in [6, 6.07) is 3.92. The van der Waals surface area contributed by atoms with Crippen molar-refractivity contribution in [1.29, 1.82) is 0 Å². The van der Waals surface area contributed by atoms with Crippen LogP contribution in [-0.2, 0) is 4.79 Å². The topological polar surface area (TPSA) is 32.3 Å². The maximum atomic E-state index is 12.3. The van der Waals surface area contributed by atoms with E-state index < -0.39 is 0 Å². The Labute approximate surface area is 132 Å². The standard InChI is InChI=1S/C17H25ClN2O/c1-11-6-14(4)17(15(18)7-11)19-16(21)10-20-8-12(2)5-13(3)9-20/h6-7,12-13H,5,8-10H2,1-4H3,(H,19,21)/t12-,13+. The number of aryl methyl sites for hydroxylation is 2. The van der Waals surface area contributed by atoms with Gasteiger partial charge in [0.05, 0.1) is 17.3 Å². The predicted octanol–water partition coefficient (Wildman–Crippen LogP) is 3.87. The van der Waals surface area contributed by atoms with Crippen LogP contribution in [0.5, 0.6) is 0 Å². The predicted molar refractivity (Wildman–Crippen MR) is 88.9 cm³/mol. The van der Waals surface area contributed by atoms with Crippen molar-refractivity contribution in [1.82, 2.24) is 4.90 Å². The SMILES string of the molecule is Cc1cc(C)c(NC(=O)CN2C[C@H](C)C[C@H](C)C2)c(Cl)c1. The van der Waals surface area contributed by atoms with Gasteiger partial charge in [-0.2, -0.15) is 0 Å². The van der Waals surface area contributed by atoms with Gasteiger partial charge < -0.3 is 5.32 Å². The zero-order valence-electron chi connectivity index (χ0n) is 13.4. The van der Waals surface area contributed by atoms with Crippen LogP contribution < -0.4 is 5.32 Å². The molecule has 21 heavy (non-hydrogen) atoms. The second-order valence-corrected chi connectivity index (χ2v) is 7.03. The first-order chi connectivity index (χ1) is 9.85. The quantitative estimate of drug-likeness (QED) is 0.919. The Hall–Kier alpha value is -1.06. The van der Waals surface area contributed by atoms with Gasteiger partial charge in [-0.15, -0.1) is 0 Å². The number of piperidine rings is 1. The van der Waals surface area contributed by atoms with Crippen molar-refractivity contribution in [2.45, 2.75) is 34.1 Å². The number of nitrogens with one attached hydrogen (secondary N) is 1. The summed E-state index contributed by atoms with van der Waals surface area (Å²) in [6.45, 7) is 10.9. The summed E-state index contributed by atoms with van der Waals surface area (Å²) >= 11 is 6.24. The Balaban J connectivity index is 1.99. The number of amides is 1. The molecule has 2 rings (SSSR count). The van der Waals surface area contributed by atoms with Crippen LogP contribution >= 0.6 is 11.6 Å². The minimum Gasteiger partial charge on any atom is -0.323 e. The van der Waals surface area contributed by atoms with Crippen LogP contribution in [0.25, 0.3) is 0 Å². The number of halogens is 1. The molecule has 4 heteroatoms. The molecule has 1 N–H and O–H groups in total. The first kappa shape index (κ1) is 16.3. The van der Waals surface area contributed by atoms with Gasteiger partial charge in [0, 0.05) is 13.1 Å². The van der Waals surface area contributed by atoms with Crippen molar-refractivity contribution < 1.29 is 4.79 Å². The van der Waals surface area contributed by atoms with Gasteiger partial charge in [-0.25, -0.2) is 0 Å². The van der Waals surface area contributed by atoms with E-state index in [9.17, 15) is 4.79 Å². The number of likely N-dealkylation sites (tertiary alicyclic amines) is 1. The number of carbonyl (C=O) groups excluding carboxylic acids is 1. The minimum absolute atomic E-state index is 0.0187. The fraction of sp³-hybridized carbons (Fsp3) is 0.588. The molecule has 0 aliphatic carbocycles. The fourth-order valence-electron chi connectivity index (χ4n) is 3.38. The number of rotatable bonds is 3. The fourth-order valence-corrected chi connectivity index (χ4v) is 3.75. The number of nitrogens with zero attached hydrogens (tertiary/aromatic N) is 1. The highest BCUT2D eigenvalue weighted by molar-refractivity contribution is 6.34. The Morgan fingerprint density at radius 1 is 1.29 bits per heavy atom. The van der Waals surface area contributed by atoms with Crippen LogP contribution in [-0.4, -0.2) is 30.4 Å². The lowest BCUT2D eigenvalue weighted by Gasteiger charge is -2.34. The molecular weight excluding hydrogens is 284 g/mol. The third-order valence-electron chi connectivity index (χ3n) is 4.01. The molecule has 1 fully saturated rings. The molecule has 1 aliphatic rings. The van der Waals surface area contributed by atoms with Crippen LogP contribution in [0.4, 0.5) is 5.69 Å². The molecule has 0 unspecified atom stereocenters. The van der Waals surface area contributed by atoms with Crippen LogP contribution in [0.1, 0.15) is 31.4 Å². The molecule has 1 saturated heterocycles. The van der Waals surface area contributed by atoms with Gasteiger partial charge in [-0.3, -0.25) is 9.69 Å². The second kappa shape index (κ2) is 6.80. The van der Waals surface area contributed by atoms with E-state index in [0.29, 0.717) is 23.4 Å². The van der Waals surface area contributed by atoms with E-state index >= 15 is 0 Å². The smallest absolute Gasteiger partial charge is 0.238 e. The molecule has 116 valence electrons. The summed E-state index contributed by atoms with van der Waals surface area (Å²) in [7, 11) is 0. The summed E-state index contributed by atoms with van der Waals surface area (Å²) in [5.74, 6) is 1.34. The Morgan fingerprint density at radius 3 is 2.48 bits per heavy atom. The van der Waals surface area contributed by atoms with E-state index in [1.165, 1.54) is 6.42 Å². The van der Waals surface area contributed by atoms with Gasteiger partial charge in [0.25, 0.3) is 0 Å². The molecule has 1 heterocycles. The van der Waals surface area contributed by atoms with Gasteiger partial charge in [0.1, 0.15) is 0 Å². The van der Waals surface area contributed by atoms with Gasteiger partial charge in [-0.1, -0.05) is 31.5 Å². The molecule has 0 saturated carbocycles. The average molecular weight is 309 g/mol. The maximum Gasteiger partial charge on any atom is 0.238 e.